The van der Waals surface area contributed by atoms with Crippen molar-refractivity contribution in [1.29, 1.82) is 0 Å². The van der Waals surface area contributed by atoms with E-state index in [2.05, 4.69) is 5.16 Å². The highest BCUT2D eigenvalue weighted by atomic mass is 19.1. The molecular formula is C19H16F2N2O3. The molecule has 0 saturated carbocycles. The van der Waals surface area contributed by atoms with E-state index in [1.807, 2.05) is 6.07 Å². The zero-order valence-electron chi connectivity index (χ0n) is 13.8. The smallest absolute Gasteiger partial charge is 0.271 e. The Morgan fingerprint density at radius 1 is 1.27 bits per heavy atom. The molecule has 26 heavy (non-hydrogen) atoms. The number of para-hydroxylation sites is 1. The van der Waals surface area contributed by atoms with Crippen LogP contribution in [0.15, 0.2) is 41.6 Å². The number of aryl methyl sites for hydroxylation is 1. The number of aromatic hydroxyl groups is 1. The Kier molecular flexibility index (Phi) is 4.06. The molecule has 0 radical (unpaired) electrons. The van der Waals surface area contributed by atoms with Gasteiger partial charge in [-0.3, -0.25) is 4.79 Å². The van der Waals surface area contributed by atoms with Gasteiger partial charge in [-0.2, -0.15) is 0 Å². The zero-order valence-corrected chi connectivity index (χ0v) is 13.8. The minimum atomic E-state index is -0.932. The number of hydrogen-bond acceptors (Lipinski definition) is 4. The van der Waals surface area contributed by atoms with E-state index in [0.29, 0.717) is 12.2 Å². The van der Waals surface area contributed by atoms with Gasteiger partial charge in [0.15, 0.2) is 0 Å². The van der Waals surface area contributed by atoms with Crippen molar-refractivity contribution in [1.82, 2.24) is 0 Å². The van der Waals surface area contributed by atoms with Crippen molar-refractivity contribution >= 4 is 17.3 Å². The lowest BCUT2D eigenvalue weighted by atomic mass is 9.99. The quantitative estimate of drug-likeness (QED) is 0.897. The highest BCUT2D eigenvalue weighted by Crippen LogP contribution is 2.36. The van der Waals surface area contributed by atoms with Crippen molar-refractivity contribution in [3.8, 4) is 5.75 Å². The van der Waals surface area contributed by atoms with Crippen LogP contribution < -0.4 is 4.90 Å². The summed E-state index contributed by atoms with van der Waals surface area (Å²) >= 11 is 0. The molecule has 2 heterocycles. The molecule has 2 aliphatic heterocycles. The van der Waals surface area contributed by atoms with Crippen LogP contribution in [-0.2, 0) is 16.1 Å². The molecule has 1 amide bonds. The Bertz CT molecular complexity index is 914. The van der Waals surface area contributed by atoms with Gasteiger partial charge in [0.2, 0.25) is 6.10 Å². The van der Waals surface area contributed by atoms with Crippen molar-refractivity contribution < 1.29 is 23.5 Å². The number of phenolic OH excluding ortho intramolecular Hbond substituents is 1. The first kappa shape index (κ1) is 16.5. The molecule has 0 spiro atoms. The number of carbonyl (C=O) groups is 1. The summed E-state index contributed by atoms with van der Waals surface area (Å²) in [6.07, 6.45) is 0.646. The van der Waals surface area contributed by atoms with Gasteiger partial charge in [0.1, 0.15) is 17.4 Å². The number of halogens is 2. The van der Waals surface area contributed by atoms with E-state index < -0.39 is 17.7 Å². The molecule has 4 rings (SSSR count). The number of oxime groups is 1. The normalized spacial score (nSPS) is 18.9. The van der Waals surface area contributed by atoms with E-state index in [1.54, 1.807) is 6.07 Å². The third kappa shape index (κ3) is 2.79. The zero-order chi connectivity index (χ0) is 18.3. The van der Waals surface area contributed by atoms with E-state index in [-0.39, 0.29) is 29.4 Å². The van der Waals surface area contributed by atoms with E-state index in [4.69, 9.17) is 4.84 Å². The van der Waals surface area contributed by atoms with Crippen LogP contribution in [0.4, 0.5) is 14.5 Å². The Labute approximate surface area is 148 Å². The van der Waals surface area contributed by atoms with Gasteiger partial charge >= 0.3 is 0 Å². The second-order valence-corrected chi connectivity index (χ2v) is 6.34. The Hall–Kier alpha value is -2.96. The van der Waals surface area contributed by atoms with Gasteiger partial charge in [0, 0.05) is 18.5 Å². The molecule has 134 valence electrons. The van der Waals surface area contributed by atoms with Gasteiger partial charge in [-0.1, -0.05) is 17.3 Å². The maximum absolute atomic E-state index is 13.9. The van der Waals surface area contributed by atoms with Gasteiger partial charge in [-0.05, 0) is 42.7 Å². The van der Waals surface area contributed by atoms with Crippen LogP contribution >= 0.6 is 0 Å². The number of benzene rings is 2. The van der Waals surface area contributed by atoms with E-state index in [0.717, 1.165) is 36.6 Å². The Balaban J connectivity index is 1.56. The summed E-state index contributed by atoms with van der Waals surface area (Å²) in [5.41, 5.74) is 1.55. The largest absolute Gasteiger partial charge is 0.506 e. The minimum Gasteiger partial charge on any atom is -0.506 e. The summed E-state index contributed by atoms with van der Waals surface area (Å²) in [6, 6.07) is 8.21. The molecule has 2 aromatic rings. The van der Waals surface area contributed by atoms with Crippen LogP contribution in [-0.4, -0.2) is 29.4 Å². The molecule has 0 bridgehead atoms. The number of fused-ring (bicyclic) bond motifs is 1. The maximum atomic E-state index is 13.9. The number of nitrogens with zero attached hydrogens (tertiary/aromatic N) is 2. The van der Waals surface area contributed by atoms with Crippen LogP contribution in [0.5, 0.6) is 5.75 Å². The van der Waals surface area contributed by atoms with Gasteiger partial charge in [0.25, 0.3) is 5.91 Å². The van der Waals surface area contributed by atoms with Crippen molar-refractivity contribution in [3.05, 3.63) is 59.2 Å². The average molecular weight is 358 g/mol. The fourth-order valence-corrected chi connectivity index (χ4v) is 3.41. The van der Waals surface area contributed by atoms with Crippen LogP contribution in [0.25, 0.3) is 0 Å². The highest BCUT2D eigenvalue weighted by Gasteiger charge is 2.36. The third-order valence-electron chi connectivity index (χ3n) is 4.65. The predicted molar refractivity (Wildman–Crippen MR) is 91.2 cm³/mol. The first-order chi connectivity index (χ1) is 12.5. The molecule has 0 saturated heterocycles. The van der Waals surface area contributed by atoms with E-state index >= 15 is 0 Å². The summed E-state index contributed by atoms with van der Waals surface area (Å²) in [7, 11) is 0. The molecule has 2 aromatic carbocycles. The molecule has 1 unspecified atom stereocenters. The second-order valence-electron chi connectivity index (χ2n) is 6.34. The first-order valence-electron chi connectivity index (χ1n) is 8.35. The minimum absolute atomic E-state index is 0.0119. The van der Waals surface area contributed by atoms with E-state index in [9.17, 15) is 18.7 Å². The molecule has 5 nitrogen and oxygen atoms in total. The fourth-order valence-electron chi connectivity index (χ4n) is 3.41. The van der Waals surface area contributed by atoms with Crippen molar-refractivity contribution in [2.75, 3.05) is 11.4 Å². The van der Waals surface area contributed by atoms with Crippen LogP contribution in [0.2, 0.25) is 0 Å². The molecule has 2 aliphatic rings. The molecule has 0 aliphatic carbocycles. The van der Waals surface area contributed by atoms with Gasteiger partial charge in [-0.15, -0.1) is 0 Å². The summed E-state index contributed by atoms with van der Waals surface area (Å²) < 4.78 is 27.3. The standard InChI is InChI=1S/C19H16F2N2O3/c20-12-6-7-14(21)13(9-12)15-10-17(26-22-15)19(25)23-8-2-4-11-3-1-5-16(24)18(11)23/h1,3,5-7,9,17,24H,2,4,8,10H2. The number of anilines is 1. The first-order valence-corrected chi connectivity index (χ1v) is 8.35. The maximum Gasteiger partial charge on any atom is 0.271 e. The lowest BCUT2D eigenvalue weighted by molar-refractivity contribution is -0.128. The van der Waals surface area contributed by atoms with Crippen LogP contribution in [0.3, 0.4) is 0 Å². The lowest BCUT2D eigenvalue weighted by Crippen LogP contribution is -2.42. The number of amides is 1. The summed E-state index contributed by atoms with van der Waals surface area (Å²) in [4.78, 5) is 19.6. The number of carbonyl (C=O) groups excluding carboxylic acids is 1. The highest BCUT2D eigenvalue weighted by molar-refractivity contribution is 6.07. The van der Waals surface area contributed by atoms with Crippen molar-refractivity contribution in [2.24, 2.45) is 5.16 Å². The molecule has 1 N–H and O–H groups in total. The van der Waals surface area contributed by atoms with Crippen LogP contribution in [0, 0.1) is 11.6 Å². The van der Waals surface area contributed by atoms with Crippen LogP contribution in [0.1, 0.15) is 24.0 Å². The summed E-state index contributed by atoms with van der Waals surface area (Å²) in [5.74, 6) is -1.54. The van der Waals surface area contributed by atoms with Gasteiger partial charge in [0.05, 0.1) is 11.4 Å². The average Bonchev–Trinajstić information content (AvgIpc) is 3.13. The monoisotopic (exact) mass is 358 g/mol. The van der Waals surface area contributed by atoms with Crippen molar-refractivity contribution in [2.45, 2.75) is 25.4 Å². The molecular weight excluding hydrogens is 342 g/mol. The number of hydrogen-bond donors (Lipinski definition) is 1. The number of phenols is 1. The molecule has 0 fully saturated rings. The van der Waals surface area contributed by atoms with E-state index in [1.165, 1.54) is 11.0 Å². The Morgan fingerprint density at radius 2 is 2.12 bits per heavy atom. The number of rotatable bonds is 2. The Morgan fingerprint density at radius 3 is 2.96 bits per heavy atom. The summed E-state index contributed by atoms with van der Waals surface area (Å²) in [6.45, 7) is 0.451. The van der Waals surface area contributed by atoms with Crippen molar-refractivity contribution in [3.63, 3.8) is 0 Å². The lowest BCUT2D eigenvalue weighted by Gasteiger charge is -2.31. The SMILES string of the molecule is O=C(C1CC(c2cc(F)ccc2F)=NO1)N1CCCc2cccc(O)c21. The van der Waals surface area contributed by atoms with Gasteiger partial charge in [-0.25, -0.2) is 8.78 Å². The molecule has 0 aromatic heterocycles. The topological polar surface area (TPSA) is 62.1 Å². The third-order valence-corrected chi connectivity index (χ3v) is 4.65. The van der Waals surface area contributed by atoms with Gasteiger partial charge < -0.3 is 14.8 Å². The second kappa shape index (κ2) is 6.40. The predicted octanol–water partition coefficient (Wildman–Crippen LogP) is 3.14. The molecule has 7 heteroatoms. The molecule has 1 atom stereocenters. The fraction of sp³-hybridized carbons (Fsp3) is 0.263. The summed E-state index contributed by atoms with van der Waals surface area (Å²) in [5, 5.41) is 13.9.